The Bertz CT molecular complexity index is 226. The summed E-state index contributed by atoms with van der Waals surface area (Å²) in [7, 11) is 0. The molecule has 1 saturated heterocycles. The molecule has 0 aromatic heterocycles. The molecule has 0 aromatic carbocycles. The third-order valence-electron chi connectivity index (χ3n) is 3.32. The Labute approximate surface area is 90.3 Å². The maximum Gasteiger partial charge on any atom is 0.216 e. The zero-order chi connectivity index (χ0) is 10.7. The fraction of sp³-hybridized carbons (Fsp3) is 0.909. The fourth-order valence-corrected chi connectivity index (χ4v) is 2.40. The van der Waals surface area contributed by atoms with Crippen LogP contribution in [-0.4, -0.2) is 31.5 Å². The van der Waals surface area contributed by atoms with Crippen molar-refractivity contribution in [1.29, 1.82) is 0 Å². The Balaban J connectivity index is 1.74. The van der Waals surface area contributed by atoms with Crippen LogP contribution in [-0.2, 0) is 14.3 Å². The first-order chi connectivity index (χ1) is 7.20. The molecule has 0 unspecified atom stereocenters. The summed E-state index contributed by atoms with van der Waals surface area (Å²) >= 11 is 0. The van der Waals surface area contributed by atoms with E-state index < -0.39 is 0 Å². The average Bonchev–Trinajstić information content (AvgIpc) is 2.66. The van der Waals surface area contributed by atoms with Gasteiger partial charge in [-0.05, 0) is 18.8 Å². The van der Waals surface area contributed by atoms with Crippen LogP contribution in [0.25, 0.3) is 0 Å². The maximum atomic E-state index is 10.8. The van der Waals surface area contributed by atoms with Crippen molar-refractivity contribution in [3.63, 3.8) is 0 Å². The number of rotatable bonds is 2. The molecule has 4 nitrogen and oxygen atoms in total. The lowest BCUT2D eigenvalue weighted by molar-refractivity contribution is -0.182. The van der Waals surface area contributed by atoms with Crippen LogP contribution in [0.3, 0.4) is 0 Å². The summed E-state index contributed by atoms with van der Waals surface area (Å²) in [5.74, 6) is 0.378. The first-order valence-corrected chi connectivity index (χ1v) is 5.73. The summed E-state index contributed by atoms with van der Waals surface area (Å²) in [6, 6.07) is 0. The van der Waals surface area contributed by atoms with E-state index in [0.717, 1.165) is 45.4 Å². The number of amides is 1. The molecule has 0 bridgehead atoms. The van der Waals surface area contributed by atoms with Crippen LogP contribution in [0.4, 0.5) is 0 Å². The van der Waals surface area contributed by atoms with Crippen LogP contribution in [0.1, 0.15) is 32.6 Å². The van der Waals surface area contributed by atoms with E-state index in [9.17, 15) is 4.79 Å². The van der Waals surface area contributed by atoms with E-state index in [1.807, 2.05) is 0 Å². The third-order valence-corrected chi connectivity index (χ3v) is 3.32. The Hall–Kier alpha value is -0.610. The standard InChI is InChI=1S/C11H19NO3/c1-9(13)12-8-10-2-4-11(5-3-10)14-6-7-15-11/h10H,2-8H2,1H3,(H,12,13). The number of hydrogen-bond donors (Lipinski definition) is 1. The molecule has 1 saturated carbocycles. The van der Waals surface area contributed by atoms with Crippen molar-refractivity contribution in [2.24, 2.45) is 5.92 Å². The lowest BCUT2D eigenvalue weighted by Gasteiger charge is -2.35. The zero-order valence-electron chi connectivity index (χ0n) is 9.25. The van der Waals surface area contributed by atoms with Gasteiger partial charge in [0.05, 0.1) is 13.2 Å². The topological polar surface area (TPSA) is 47.6 Å². The molecular weight excluding hydrogens is 194 g/mol. The highest BCUT2D eigenvalue weighted by atomic mass is 16.7. The molecule has 2 rings (SSSR count). The zero-order valence-corrected chi connectivity index (χ0v) is 9.25. The summed E-state index contributed by atoms with van der Waals surface area (Å²) in [6.45, 7) is 3.83. The van der Waals surface area contributed by atoms with Gasteiger partial charge in [-0.15, -0.1) is 0 Å². The van der Waals surface area contributed by atoms with Gasteiger partial charge in [-0.1, -0.05) is 0 Å². The Morgan fingerprint density at radius 2 is 1.93 bits per heavy atom. The second kappa shape index (κ2) is 4.49. The molecule has 1 aliphatic carbocycles. The minimum absolute atomic E-state index is 0.0589. The molecule has 86 valence electrons. The largest absolute Gasteiger partial charge is 0.356 e. The van der Waals surface area contributed by atoms with Gasteiger partial charge in [-0.25, -0.2) is 0 Å². The molecule has 1 N–H and O–H groups in total. The van der Waals surface area contributed by atoms with Crippen LogP contribution in [0.2, 0.25) is 0 Å². The minimum atomic E-state index is -0.271. The quantitative estimate of drug-likeness (QED) is 0.746. The van der Waals surface area contributed by atoms with Crippen molar-refractivity contribution < 1.29 is 14.3 Å². The normalized spacial score (nSPS) is 25.7. The van der Waals surface area contributed by atoms with E-state index in [1.165, 1.54) is 0 Å². The van der Waals surface area contributed by atoms with E-state index in [1.54, 1.807) is 6.92 Å². The van der Waals surface area contributed by atoms with Crippen LogP contribution in [0.5, 0.6) is 0 Å². The van der Waals surface area contributed by atoms with Gasteiger partial charge in [-0.3, -0.25) is 4.79 Å². The molecule has 2 aliphatic rings. The van der Waals surface area contributed by atoms with Crippen LogP contribution < -0.4 is 5.32 Å². The van der Waals surface area contributed by atoms with Crippen molar-refractivity contribution in [2.45, 2.75) is 38.4 Å². The Kier molecular flexibility index (Phi) is 3.26. The highest BCUT2D eigenvalue weighted by Crippen LogP contribution is 2.37. The number of hydrogen-bond acceptors (Lipinski definition) is 3. The lowest BCUT2D eigenvalue weighted by Crippen LogP contribution is -2.38. The molecule has 15 heavy (non-hydrogen) atoms. The van der Waals surface area contributed by atoms with E-state index in [0.29, 0.717) is 5.92 Å². The highest BCUT2D eigenvalue weighted by molar-refractivity contribution is 5.72. The molecular formula is C11H19NO3. The molecule has 0 atom stereocenters. The molecule has 1 spiro atoms. The van der Waals surface area contributed by atoms with E-state index in [4.69, 9.17) is 9.47 Å². The summed E-state index contributed by atoms with van der Waals surface area (Å²) in [4.78, 5) is 10.8. The minimum Gasteiger partial charge on any atom is -0.356 e. The number of nitrogens with one attached hydrogen (secondary N) is 1. The predicted octanol–water partition coefficient (Wildman–Crippen LogP) is 1.06. The van der Waals surface area contributed by atoms with Crippen LogP contribution in [0, 0.1) is 5.92 Å². The van der Waals surface area contributed by atoms with Gasteiger partial charge in [0, 0.05) is 26.3 Å². The van der Waals surface area contributed by atoms with E-state index in [2.05, 4.69) is 5.32 Å². The first kappa shape index (κ1) is 10.9. The van der Waals surface area contributed by atoms with E-state index >= 15 is 0 Å². The molecule has 0 aromatic rings. The molecule has 1 aliphatic heterocycles. The molecule has 1 heterocycles. The van der Waals surface area contributed by atoms with Gasteiger partial charge >= 0.3 is 0 Å². The highest BCUT2D eigenvalue weighted by Gasteiger charge is 2.40. The van der Waals surface area contributed by atoms with Gasteiger partial charge < -0.3 is 14.8 Å². The monoisotopic (exact) mass is 213 g/mol. The van der Waals surface area contributed by atoms with Crippen molar-refractivity contribution in [3.8, 4) is 0 Å². The van der Waals surface area contributed by atoms with Crippen molar-refractivity contribution in [3.05, 3.63) is 0 Å². The predicted molar refractivity (Wildman–Crippen MR) is 55.3 cm³/mol. The molecule has 4 heteroatoms. The molecule has 1 amide bonds. The summed E-state index contributed by atoms with van der Waals surface area (Å²) in [6.07, 6.45) is 4.11. The second-order valence-electron chi connectivity index (χ2n) is 4.49. The van der Waals surface area contributed by atoms with Gasteiger partial charge in [0.15, 0.2) is 5.79 Å². The SMILES string of the molecule is CC(=O)NCC1CCC2(CC1)OCCO2. The van der Waals surface area contributed by atoms with Gasteiger partial charge in [0.25, 0.3) is 0 Å². The Morgan fingerprint density at radius 1 is 1.33 bits per heavy atom. The van der Waals surface area contributed by atoms with Gasteiger partial charge in [-0.2, -0.15) is 0 Å². The second-order valence-corrected chi connectivity index (χ2v) is 4.49. The fourth-order valence-electron chi connectivity index (χ4n) is 2.40. The summed E-state index contributed by atoms with van der Waals surface area (Å²) < 4.78 is 11.3. The number of carbonyl (C=O) groups is 1. The summed E-state index contributed by atoms with van der Waals surface area (Å²) in [5.41, 5.74) is 0. The van der Waals surface area contributed by atoms with E-state index in [-0.39, 0.29) is 11.7 Å². The van der Waals surface area contributed by atoms with Crippen LogP contribution in [0.15, 0.2) is 0 Å². The van der Waals surface area contributed by atoms with Crippen LogP contribution >= 0.6 is 0 Å². The van der Waals surface area contributed by atoms with Crippen molar-refractivity contribution >= 4 is 5.91 Å². The van der Waals surface area contributed by atoms with Gasteiger partial charge in [0.1, 0.15) is 0 Å². The average molecular weight is 213 g/mol. The van der Waals surface area contributed by atoms with Crippen molar-refractivity contribution in [1.82, 2.24) is 5.32 Å². The van der Waals surface area contributed by atoms with Crippen molar-refractivity contribution in [2.75, 3.05) is 19.8 Å². The molecule has 0 radical (unpaired) electrons. The third kappa shape index (κ3) is 2.69. The number of carbonyl (C=O) groups excluding carboxylic acids is 1. The smallest absolute Gasteiger partial charge is 0.216 e. The Morgan fingerprint density at radius 3 is 2.47 bits per heavy atom. The molecule has 2 fully saturated rings. The van der Waals surface area contributed by atoms with Gasteiger partial charge in [0.2, 0.25) is 5.91 Å². The summed E-state index contributed by atoms with van der Waals surface area (Å²) in [5, 5.41) is 2.87. The number of ether oxygens (including phenoxy) is 2. The maximum absolute atomic E-state index is 10.8. The first-order valence-electron chi connectivity index (χ1n) is 5.73. The lowest BCUT2D eigenvalue weighted by atomic mass is 9.85.